The molecule has 2 aromatic carbocycles. The molecule has 0 atom stereocenters. The van der Waals surface area contributed by atoms with Crippen molar-refractivity contribution in [1.82, 2.24) is 10.2 Å². The van der Waals surface area contributed by atoms with Gasteiger partial charge in [0.05, 0.1) is 22.4 Å². The van der Waals surface area contributed by atoms with Crippen molar-refractivity contribution >= 4 is 23.4 Å². The number of rotatable bonds is 5. The first kappa shape index (κ1) is 16.5. The lowest BCUT2D eigenvalue weighted by Gasteiger charge is -2.15. The van der Waals surface area contributed by atoms with E-state index in [1.165, 1.54) is 6.07 Å². The van der Waals surface area contributed by atoms with Crippen molar-refractivity contribution in [2.75, 3.05) is 25.5 Å². The third-order valence-electron chi connectivity index (χ3n) is 4.04. The number of para-hydroxylation sites is 1. The number of nitrogens with one attached hydrogen (secondary N) is 2. The predicted octanol–water partition coefficient (Wildman–Crippen LogP) is 1.46. The van der Waals surface area contributed by atoms with Crippen molar-refractivity contribution in [1.29, 1.82) is 0 Å². The molecule has 1 aliphatic rings. The van der Waals surface area contributed by atoms with Crippen molar-refractivity contribution in [3.8, 4) is 5.75 Å². The van der Waals surface area contributed by atoms with E-state index in [-0.39, 0.29) is 36.2 Å². The smallest absolute Gasteiger partial charge is 0.261 e. The van der Waals surface area contributed by atoms with Crippen LogP contribution >= 0.6 is 0 Å². The van der Waals surface area contributed by atoms with Gasteiger partial charge in [0.15, 0.2) is 0 Å². The Morgan fingerprint density at radius 2 is 1.68 bits per heavy atom. The lowest BCUT2D eigenvalue weighted by Crippen LogP contribution is -2.38. The van der Waals surface area contributed by atoms with E-state index in [2.05, 4.69) is 10.6 Å². The molecule has 25 heavy (non-hydrogen) atoms. The standard InChI is InChI=1S/C18H17N3O4/c1-19-15-13(7-4-8-14(15)22)16(23)20-9-10-21-17(24)11-5-2-3-6-12(11)18(21)25/h2-8,19,22H,9-10H2,1H3,(H,20,23). The highest BCUT2D eigenvalue weighted by Gasteiger charge is 2.34. The summed E-state index contributed by atoms with van der Waals surface area (Å²) < 4.78 is 0. The van der Waals surface area contributed by atoms with Crippen LogP contribution in [0, 0.1) is 0 Å². The zero-order valence-corrected chi connectivity index (χ0v) is 13.6. The van der Waals surface area contributed by atoms with Gasteiger partial charge in [-0.2, -0.15) is 0 Å². The molecule has 0 aliphatic carbocycles. The summed E-state index contributed by atoms with van der Waals surface area (Å²) in [5.74, 6) is -1.15. The van der Waals surface area contributed by atoms with Gasteiger partial charge in [-0.25, -0.2) is 0 Å². The summed E-state index contributed by atoms with van der Waals surface area (Å²) in [7, 11) is 1.60. The van der Waals surface area contributed by atoms with Crippen LogP contribution in [0.4, 0.5) is 5.69 Å². The lowest BCUT2D eigenvalue weighted by atomic mass is 10.1. The molecule has 3 rings (SSSR count). The Hall–Kier alpha value is -3.35. The fourth-order valence-corrected chi connectivity index (χ4v) is 2.81. The van der Waals surface area contributed by atoms with Crippen LogP contribution in [0.1, 0.15) is 31.1 Å². The van der Waals surface area contributed by atoms with E-state index in [4.69, 9.17) is 0 Å². The molecule has 0 unspecified atom stereocenters. The highest BCUT2D eigenvalue weighted by Crippen LogP contribution is 2.26. The van der Waals surface area contributed by atoms with Gasteiger partial charge in [-0.3, -0.25) is 19.3 Å². The van der Waals surface area contributed by atoms with Gasteiger partial charge in [-0.1, -0.05) is 18.2 Å². The van der Waals surface area contributed by atoms with Crippen LogP contribution in [0.3, 0.4) is 0 Å². The van der Waals surface area contributed by atoms with Crippen molar-refractivity contribution < 1.29 is 19.5 Å². The maximum absolute atomic E-state index is 12.3. The van der Waals surface area contributed by atoms with Crippen LogP contribution in [0.5, 0.6) is 5.75 Å². The minimum absolute atomic E-state index is 0.0319. The molecule has 0 saturated heterocycles. The Balaban J connectivity index is 1.65. The Labute approximate surface area is 144 Å². The molecule has 128 valence electrons. The van der Waals surface area contributed by atoms with E-state index < -0.39 is 5.91 Å². The van der Waals surface area contributed by atoms with E-state index in [0.717, 1.165) is 4.90 Å². The summed E-state index contributed by atoms with van der Waals surface area (Å²) in [6, 6.07) is 11.2. The lowest BCUT2D eigenvalue weighted by molar-refractivity contribution is 0.0650. The zero-order valence-electron chi connectivity index (χ0n) is 13.6. The maximum Gasteiger partial charge on any atom is 0.261 e. The van der Waals surface area contributed by atoms with E-state index in [0.29, 0.717) is 16.8 Å². The molecule has 0 spiro atoms. The van der Waals surface area contributed by atoms with E-state index >= 15 is 0 Å². The normalized spacial score (nSPS) is 12.9. The third kappa shape index (κ3) is 2.91. The number of hydrogen-bond donors (Lipinski definition) is 3. The molecule has 1 aliphatic heterocycles. The Morgan fingerprint density at radius 1 is 1.04 bits per heavy atom. The molecule has 3 N–H and O–H groups in total. The number of fused-ring (bicyclic) bond motifs is 1. The molecule has 0 radical (unpaired) electrons. The molecule has 0 aromatic heterocycles. The highest BCUT2D eigenvalue weighted by molar-refractivity contribution is 6.21. The largest absolute Gasteiger partial charge is 0.506 e. The van der Waals surface area contributed by atoms with Crippen LogP contribution < -0.4 is 10.6 Å². The van der Waals surface area contributed by atoms with Crippen LogP contribution in [0.15, 0.2) is 42.5 Å². The number of carbonyl (C=O) groups is 3. The van der Waals surface area contributed by atoms with Gasteiger partial charge in [0.1, 0.15) is 5.75 Å². The topological polar surface area (TPSA) is 98.7 Å². The number of anilines is 1. The van der Waals surface area contributed by atoms with Crippen LogP contribution in [0.25, 0.3) is 0 Å². The molecule has 7 nitrogen and oxygen atoms in total. The second kappa shape index (κ2) is 6.64. The number of phenols is 1. The van der Waals surface area contributed by atoms with E-state index in [1.807, 2.05) is 0 Å². The number of aromatic hydroxyl groups is 1. The van der Waals surface area contributed by atoms with Gasteiger partial charge in [-0.15, -0.1) is 0 Å². The fraction of sp³-hybridized carbons (Fsp3) is 0.167. The number of imide groups is 1. The molecular formula is C18H17N3O4. The number of nitrogens with zero attached hydrogens (tertiary/aromatic N) is 1. The van der Waals surface area contributed by atoms with Gasteiger partial charge < -0.3 is 15.7 Å². The maximum atomic E-state index is 12.3. The number of hydrogen-bond acceptors (Lipinski definition) is 5. The summed E-state index contributed by atoms with van der Waals surface area (Å²) in [5, 5.41) is 15.2. The van der Waals surface area contributed by atoms with Crippen LogP contribution in [-0.4, -0.2) is 47.9 Å². The monoisotopic (exact) mass is 339 g/mol. The molecule has 3 amide bonds. The molecule has 0 fully saturated rings. The quantitative estimate of drug-likeness (QED) is 0.566. The van der Waals surface area contributed by atoms with Crippen molar-refractivity contribution in [3.05, 3.63) is 59.2 Å². The number of benzene rings is 2. The molecule has 2 aromatic rings. The number of carbonyl (C=O) groups excluding carboxylic acids is 3. The Kier molecular flexibility index (Phi) is 4.38. The first-order chi connectivity index (χ1) is 12.0. The molecule has 0 saturated carbocycles. The summed E-state index contributed by atoms with van der Waals surface area (Å²) in [6.45, 7) is 0.189. The number of phenolic OH excluding ortho intramolecular Hbond substituents is 1. The molecule has 7 heteroatoms. The minimum atomic E-state index is -0.406. The van der Waals surface area contributed by atoms with Gasteiger partial charge in [0.25, 0.3) is 17.7 Å². The van der Waals surface area contributed by atoms with E-state index in [1.54, 1.807) is 43.4 Å². The van der Waals surface area contributed by atoms with Gasteiger partial charge in [0.2, 0.25) is 0 Å². The number of amides is 3. The Bertz CT molecular complexity index is 828. The van der Waals surface area contributed by atoms with Crippen LogP contribution in [0.2, 0.25) is 0 Å². The molecule has 1 heterocycles. The average molecular weight is 339 g/mol. The van der Waals surface area contributed by atoms with E-state index in [9.17, 15) is 19.5 Å². The zero-order chi connectivity index (χ0) is 18.0. The third-order valence-corrected chi connectivity index (χ3v) is 4.04. The van der Waals surface area contributed by atoms with Crippen molar-refractivity contribution in [3.63, 3.8) is 0 Å². The predicted molar refractivity (Wildman–Crippen MR) is 91.8 cm³/mol. The minimum Gasteiger partial charge on any atom is -0.506 e. The molecule has 0 bridgehead atoms. The summed E-state index contributed by atoms with van der Waals surface area (Å²) in [5.41, 5.74) is 1.36. The highest BCUT2D eigenvalue weighted by atomic mass is 16.3. The summed E-state index contributed by atoms with van der Waals surface area (Å²) in [6.07, 6.45) is 0. The van der Waals surface area contributed by atoms with Gasteiger partial charge in [0, 0.05) is 20.1 Å². The second-order valence-corrected chi connectivity index (χ2v) is 5.51. The first-order valence-corrected chi connectivity index (χ1v) is 7.77. The molecular weight excluding hydrogens is 322 g/mol. The van der Waals surface area contributed by atoms with Gasteiger partial charge in [-0.05, 0) is 24.3 Å². The fourth-order valence-electron chi connectivity index (χ4n) is 2.81. The van der Waals surface area contributed by atoms with Gasteiger partial charge >= 0.3 is 0 Å². The SMILES string of the molecule is CNc1c(O)cccc1C(=O)NCCN1C(=O)c2ccccc2C1=O. The Morgan fingerprint density at radius 3 is 2.28 bits per heavy atom. The van der Waals surface area contributed by atoms with Crippen molar-refractivity contribution in [2.24, 2.45) is 0 Å². The second-order valence-electron chi connectivity index (χ2n) is 5.51. The summed E-state index contributed by atoms with van der Waals surface area (Å²) >= 11 is 0. The average Bonchev–Trinajstić information content (AvgIpc) is 2.86. The van der Waals surface area contributed by atoms with Crippen LogP contribution in [-0.2, 0) is 0 Å². The van der Waals surface area contributed by atoms with Crippen molar-refractivity contribution in [2.45, 2.75) is 0 Å². The first-order valence-electron chi connectivity index (χ1n) is 7.77. The summed E-state index contributed by atoms with van der Waals surface area (Å²) in [4.78, 5) is 37.9.